The molecule has 33 heavy (non-hydrogen) atoms. The zero-order valence-electron chi connectivity index (χ0n) is 18.2. The lowest BCUT2D eigenvalue weighted by molar-refractivity contribution is -0.118. The summed E-state index contributed by atoms with van der Waals surface area (Å²) in [5.41, 5.74) is 2.04. The number of nitrogens with zero attached hydrogens (tertiary/aromatic N) is 2. The molecule has 1 amide bonds. The molecule has 2 aliphatic rings. The number of anilines is 1. The molecule has 0 saturated heterocycles. The van der Waals surface area contributed by atoms with E-state index in [0.29, 0.717) is 34.6 Å². The van der Waals surface area contributed by atoms with Crippen molar-refractivity contribution in [3.8, 4) is 5.75 Å². The summed E-state index contributed by atoms with van der Waals surface area (Å²) in [5, 5.41) is 3.96. The van der Waals surface area contributed by atoms with Gasteiger partial charge in [0, 0.05) is 17.0 Å². The maximum Gasteiger partial charge on any atom is 0.263 e. The van der Waals surface area contributed by atoms with Crippen molar-refractivity contribution in [3.63, 3.8) is 0 Å². The molecule has 0 spiro atoms. The smallest absolute Gasteiger partial charge is 0.263 e. The van der Waals surface area contributed by atoms with Gasteiger partial charge in [0.1, 0.15) is 10.6 Å². The van der Waals surface area contributed by atoms with Crippen molar-refractivity contribution in [2.75, 3.05) is 17.7 Å². The summed E-state index contributed by atoms with van der Waals surface area (Å²) in [4.78, 5) is 44.7. The van der Waals surface area contributed by atoms with Gasteiger partial charge in [0.05, 0.1) is 16.8 Å². The Bertz CT molecular complexity index is 1360. The predicted octanol–water partition coefficient (Wildman–Crippen LogP) is 4.07. The lowest BCUT2D eigenvalue weighted by Gasteiger charge is -2.18. The summed E-state index contributed by atoms with van der Waals surface area (Å²) in [6.45, 7) is 6.33. The fourth-order valence-electron chi connectivity index (χ4n) is 4.28. The molecule has 9 heteroatoms. The fourth-order valence-corrected chi connectivity index (χ4v) is 6.60. The van der Waals surface area contributed by atoms with Gasteiger partial charge in [0.2, 0.25) is 0 Å². The van der Waals surface area contributed by atoms with Crippen LogP contribution in [0.25, 0.3) is 10.2 Å². The van der Waals surface area contributed by atoms with Gasteiger partial charge < -0.3 is 10.1 Å². The first-order valence-electron chi connectivity index (χ1n) is 10.8. The number of fused-ring (bicyclic) bond motifs is 4. The predicted molar refractivity (Wildman–Crippen MR) is 131 cm³/mol. The van der Waals surface area contributed by atoms with Gasteiger partial charge in [-0.3, -0.25) is 19.0 Å². The van der Waals surface area contributed by atoms with Crippen LogP contribution in [0.2, 0.25) is 0 Å². The average molecular weight is 482 g/mol. The topological polar surface area (TPSA) is 90.3 Å². The minimum absolute atomic E-state index is 0.0316. The standard InChI is InChI=1S/C24H23N3O4S2/c1-3-8-27-23(30)21-15-6-4-13(2)9-19(15)33-22(21)26-24(27)32-12-17(28)14-5-7-18-16(10-14)25-20(29)11-31-18/h3,5,7,10,13H,1,4,6,8-9,11-12H2,2H3,(H,25,29). The van der Waals surface area contributed by atoms with Gasteiger partial charge in [-0.15, -0.1) is 17.9 Å². The molecular weight excluding hydrogens is 458 g/mol. The number of aryl methyl sites for hydroxylation is 1. The van der Waals surface area contributed by atoms with Crippen LogP contribution < -0.4 is 15.6 Å². The molecule has 1 aliphatic carbocycles. The van der Waals surface area contributed by atoms with Crippen LogP contribution >= 0.6 is 23.1 Å². The van der Waals surface area contributed by atoms with Crippen LogP contribution in [0.5, 0.6) is 5.75 Å². The van der Waals surface area contributed by atoms with Gasteiger partial charge in [0.25, 0.3) is 11.5 Å². The zero-order valence-corrected chi connectivity index (χ0v) is 19.8. The van der Waals surface area contributed by atoms with Crippen LogP contribution in [0.4, 0.5) is 5.69 Å². The number of rotatable bonds is 6. The third-order valence-corrected chi connectivity index (χ3v) is 8.08. The molecule has 1 N–H and O–H groups in total. The van der Waals surface area contributed by atoms with E-state index >= 15 is 0 Å². The largest absolute Gasteiger partial charge is 0.482 e. The molecule has 0 radical (unpaired) electrons. The van der Waals surface area contributed by atoms with E-state index in [0.717, 1.165) is 35.0 Å². The van der Waals surface area contributed by atoms with Crippen LogP contribution in [0, 0.1) is 5.92 Å². The molecule has 0 fully saturated rings. The van der Waals surface area contributed by atoms with Crippen LogP contribution in [-0.2, 0) is 24.2 Å². The number of carbonyl (C=O) groups excluding carboxylic acids is 2. The second-order valence-electron chi connectivity index (χ2n) is 8.39. The molecule has 170 valence electrons. The molecule has 0 bridgehead atoms. The molecule has 1 unspecified atom stereocenters. The first kappa shape index (κ1) is 21.9. The van der Waals surface area contributed by atoms with E-state index in [2.05, 4.69) is 18.8 Å². The van der Waals surface area contributed by atoms with Crippen molar-refractivity contribution in [2.45, 2.75) is 37.9 Å². The number of ether oxygens (including phenoxy) is 1. The van der Waals surface area contributed by atoms with Gasteiger partial charge >= 0.3 is 0 Å². The number of nitrogens with one attached hydrogen (secondary N) is 1. The van der Waals surface area contributed by atoms with Crippen molar-refractivity contribution < 1.29 is 14.3 Å². The van der Waals surface area contributed by atoms with Crippen molar-refractivity contribution >= 4 is 50.7 Å². The lowest BCUT2D eigenvalue weighted by Crippen LogP contribution is -2.25. The Hall–Kier alpha value is -2.91. The Balaban J connectivity index is 1.44. The highest BCUT2D eigenvalue weighted by Crippen LogP contribution is 2.36. The maximum absolute atomic E-state index is 13.4. The van der Waals surface area contributed by atoms with Crippen molar-refractivity contribution in [1.29, 1.82) is 0 Å². The monoisotopic (exact) mass is 481 g/mol. The fraction of sp³-hybridized carbons (Fsp3) is 0.333. The van der Waals surface area contributed by atoms with Crippen LogP contribution in [0.1, 0.15) is 34.1 Å². The van der Waals surface area contributed by atoms with Crippen LogP contribution in [0.15, 0.2) is 40.8 Å². The normalized spacial score (nSPS) is 17.1. The number of hydrogen-bond acceptors (Lipinski definition) is 7. The Labute approximate surface area is 198 Å². The molecule has 5 rings (SSSR count). The first-order valence-corrected chi connectivity index (χ1v) is 12.6. The van der Waals surface area contributed by atoms with Gasteiger partial charge in [0.15, 0.2) is 17.5 Å². The van der Waals surface area contributed by atoms with Crippen molar-refractivity contribution in [2.24, 2.45) is 5.92 Å². The zero-order chi connectivity index (χ0) is 23.1. The van der Waals surface area contributed by atoms with E-state index in [4.69, 9.17) is 9.72 Å². The SMILES string of the molecule is C=CCn1c(SCC(=O)c2ccc3c(c2)NC(=O)CO3)nc2sc3c(c2c1=O)CCC(C)C3. The molecule has 7 nitrogen and oxygen atoms in total. The van der Waals surface area contributed by atoms with Gasteiger partial charge in [-0.2, -0.15) is 0 Å². The Morgan fingerprint density at radius 3 is 3.09 bits per heavy atom. The van der Waals surface area contributed by atoms with Gasteiger partial charge in [-0.25, -0.2) is 4.98 Å². The van der Waals surface area contributed by atoms with E-state index in [1.165, 1.54) is 16.6 Å². The van der Waals surface area contributed by atoms with Crippen molar-refractivity contribution in [1.82, 2.24) is 9.55 Å². The highest BCUT2D eigenvalue weighted by Gasteiger charge is 2.25. The Morgan fingerprint density at radius 2 is 2.27 bits per heavy atom. The number of thioether (sulfide) groups is 1. The van der Waals surface area contributed by atoms with E-state index in [9.17, 15) is 14.4 Å². The van der Waals surface area contributed by atoms with E-state index in [-0.39, 0.29) is 29.6 Å². The molecule has 1 aromatic carbocycles. The third-order valence-electron chi connectivity index (χ3n) is 5.96. The van der Waals surface area contributed by atoms with Crippen LogP contribution in [-0.4, -0.2) is 33.6 Å². The minimum atomic E-state index is -0.250. The molecular formula is C24H23N3O4S2. The molecule has 1 aliphatic heterocycles. The van der Waals surface area contributed by atoms with Crippen LogP contribution in [0.3, 0.4) is 0 Å². The second-order valence-corrected chi connectivity index (χ2v) is 10.4. The maximum atomic E-state index is 13.4. The highest BCUT2D eigenvalue weighted by atomic mass is 32.2. The second kappa shape index (κ2) is 8.79. The molecule has 3 aromatic rings. The first-order chi connectivity index (χ1) is 15.9. The average Bonchev–Trinajstić information content (AvgIpc) is 3.16. The number of hydrogen-bond donors (Lipinski definition) is 1. The summed E-state index contributed by atoms with van der Waals surface area (Å²) < 4.78 is 6.96. The number of carbonyl (C=O) groups is 2. The third kappa shape index (κ3) is 4.11. The number of benzene rings is 1. The number of allylic oxidation sites excluding steroid dienone is 1. The van der Waals surface area contributed by atoms with Gasteiger partial charge in [-0.1, -0.05) is 24.8 Å². The molecule has 0 saturated carbocycles. The molecule has 2 aromatic heterocycles. The quantitative estimate of drug-likeness (QED) is 0.247. The summed E-state index contributed by atoms with van der Waals surface area (Å²) >= 11 is 2.85. The van der Waals surface area contributed by atoms with E-state index < -0.39 is 0 Å². The van der Waals surface area contributed by atoms with E-state index in [1.54, 1.807) is 40.2 Å². The van der Waals surface area contributed by atoms with Gasteiger partial charge in [-0.05, 0) is 48.9 Å². The minimum Gasteiger partial charge on any atom is -0.482 e. The highest BCUT2D eigenvalue weighted by molar-refractivity contribution is 7.99. The summed E-state index contributed by atoms with van der Waals surface area (Å²) in [5.74, 6) is 0.896. The Morgan fingerprint density at radius 1 is 1.42 bits per heavy atom. The van der Waals surface area contributed by atoms with E-state index in [1.807, 2.05) is 0 Å². The Kier molecular flexibility index (Phi) is 5.84. The number of Topliss-reactive ketones (excluding diaryl/α,β-unsaturated/α-hetero) is 1. The summed E-state index contributed by atoms with van der Waals surface area (Å²) in [7, 11) is 0. The number of thiophene rings is 1. The number of amides is 1. The van der Waals surface area contributed by atoms with Crippen molar-refractivity contribution in [3.05, 3.63) is 57.2 Å². The number of aromatic nitrogens is 2. The molecule has 1 atom stereocenters. The number of ketones is 1. The summed E-state index contributed by atoms with van der Waals surface area (Å²) in [6.07, 6.45) is 4.65. The molecule has 3 heterocycles. The summed E-state index contributed by atoms with van der Waals surface area (Å²) in [6, 6.07) is 4.99. The lowest BCUT2D eigenvalue weighted by atomic mass is 9.89.